The largest absolute Gasteiger partial charge is 0.300 e. The molecule has 2 heterocycles. The molecule has 2 saturated heterocycles. The van der Waals surface area contributed by atoms with Crippen molar-refractivity contribution in [3.8, 4) is 0 Å². The van der Waals surface area contributed by atoms with Gasteiger partial charge in [-0.15, -0.1) is 0 Å². The van der Waals surface area contributed by atoms with E-state index in [-0.39, 0.29) is 0 Å². The second-order valence-electron chi connectivity index (χ2n) is 8.37. The van der Waals surface area contributed by atoms with Crippen LogP contribution in [0.1, 0.15) is 73.1 Å². The zero-order valence-electron chi connectivity index (χ0n) is 14.5. The molecule has 1 spiro atoms. The molecule has 2 rings (SSSR count). The first-order valence-corrected chi connectivity index (χ1v) is 8.85. The lowest BCUT2D eigenvalue weighted by atomic mass is 9.71. The monoisotopic (exact) mass is 280 g/mol. The van der Waals surface area contributed by atoms with E-state index in [1.54, 1.807) is 0 Å². The van der Waals surface area contributed by atoms with Gasteiger partial charge in [-0.25, -0.2) is 0 Å². The average Bonchev–Trinajstić information content (AvgIpc) is 2.38. The topological polar surface area (TPSA) is 6.48 Å². The predicted molar refractivity (Wildman–Crippen MR) is 88.2 cm³/mol. The molecular weight excluding hydrogens is 244 g/mol. The van der Waals surface area contributed by atoms with E-state index in [4.69, 9.17) is 0 Å². The Labute approximate surface area is 126 Å². The van der Waals surface area contributed by atoms with Crippen LogP contribution in [0.2, 0.25) is 0 Å². The van der Waals surface area contributed by atoms with Crippen LogP contribution in [0.25, 0.3) is 0 Å². The van der Waals surface area contributed by atoms with Crippen LogP contribution >= 0.6 is 0 Å². The summed E-state index contributed by atoms with van der Waals surface area (Å²) >= 11 is 0. The molecule has 0 N–H and O–H groups in total. The van der Waals surface area contributed by atoms with Crippen molar-refractivity contribution in [2.75, 3.05) is 26.2 Å². The molecule has 0 aromatic carbocycles. The standard InChI is InChI=1S/C18H36N2/c1-6-8-16(2)19-12-7-9-18(15-19)10-13-20(14-11-18)17(3,4)5/h16H,6-15H2,1-5H3. The molecule has 20 heavy (non-hydrogen) atoms. The van der Waals surface area contributed by atoms with E-state index in [1.807, 2.05) is 0 Å². The lowest BCUT2D eigenvalue weighted by molar-refractivity contribution is -0.0153. The minimum Gasteiger partial charge on any atom is -0.300 e. The zero-order valence-corrected chi connectivity index (χ0v) is 14.5. The minimum absolute atomic E-state index is 0.353. The third-order valence-corrected chi connectivity index (χ3v) is 5.79. The second-order valence-corrected chi connectivity index (χ2v) is 8.37. The summed E-state index contributed by atoms with van der Waals surface area (Å²) < 4.78 is 0. The van der Waals surface area contributed by atoms with Crippen LogP contribution < -0.4 is 0 Å². The zero-order chi connectivity index (χ0) is 14.8. The maximum absolute atomic E-state index is 2.79. The molecule has 0 aromatic rings. The number of rotatable bonds is 3. The Kier molecular flexibility index (Phi) is 5.18. The lowest BCUT2D eigenvalue weighted by Crippen LogP contribution is -2.54. The number of nitrogens with zero attached hydrogens (tertiary/aromatic N) is 2. The van der Waals surface area contributed by atoms with Gasteiger partial charge in [0.05, 0.1) is 0 Å². The smallest absolute Gasteiger partial charge is 0.0125 e. The van der Waals surface area contributed by atoms with Gasteiger partial charge in [-0.2, -0.15) is 0 Å². The first kappa shape index (κ1) is 16.3. The van der Waals surface area contributed by atoms with Crippen LogP contribution in [0, 0.1) is 5.41 Å². The van der Waals surface area contributed by atoms with E-state index in [9.17, 15) is 0 Å². The van der Waals surface area contributed by atoms with E-state index in [2.05, 4.69) is 44.4 Å². The first-order valence-electron chi connectivity index (χ1n) is 8.85. The van der Waals surface area contributed by atoms with Crippen molar-refractivity contribution in [3.63, 3.8) is 0 Å². The van der Waals surface area contributed by atoms with Crippen molar-refractivity contribution < 1.29 is 0 Å². The number of hydrogen-bond acceptors (Lipinski definition) is 2. The number of piperidine rings is 2. The predicted octanol–water partition coefficient (Wildman–Crippen LogP) is 4.15. The molecule has 0 aromatic heterocycles. The molecule has 2 aliphatic heterocycles. The molecule has 0 bridgehead atoms. The maximum Gasteiger partial charge on any atom is 0.0125 e. The van der Waals surface area contributed by atoms with Gasteiger partial charge in [0.15, 0.2) is 0 Å². The van der Waals surface area contributed by atoms with Crippen molar-refractivity contribution in [3.05, 3.63) is 0 Å². The molecule has 1 atom stereocenters. The Bertz CT molecular complexity index is 297. The summed E-state index contributed by atoms with van der Waals surface area (Å²) in [7, 11) is 0. The summed E-state index contributed by atoms with van der Waals surface area (Å²) in [4.78, 5) is 5.48. The maximum atomic E-state index is 2.79. The Morgan fingerprint density at radius 2 is 1.70 bits per heavy atom. The molecule has 2 aliphatic rings. The van der Waals surface area contributed by atoms with Crippen molar-refractivity contribution >= 4 is 0 Å². The second kappa shape index (κ2) is 6.36. The summed E-state index contributed by atoms with van der Waals surface area (Å²) in [6.45, 7) is 17.2. The van der Waals surface area contributed by atoms with Gasteiger partial charge < -0.3 is 4.90 Å². The molecular formula is C18H36N2. The van der Waals surface area contributed by atoms with Crippen molar-refractivity contribution in [1.29, 1.82) is 0 Å². The Morgan fingerprint density at radius 3 is 2.25 bits per heavy atom. The van der Waals surface area contributed by atoms with Crippen LogP contribution in [-0.4, -0.2) is 47.6 Å². The minimum atomic E-state index is 0.353. The van der Waals surface area contributed by atoms with Crippen LogP contribution in [0.5, 0.6) is 0 Å². The molecule has 0 saturated carbocycles. The SMILES string of the molecule is CCCC(C)N1CCCC2(CCN(C(C)(C)C)CC2)C1. The van der Waals surface area contributed by atoms with Gasteiger partial charge in [0.2, 0.25) is 0 Å². The number of hydrogen-bond donors (Lipinski definition) is 0. The fraction of sp³-hybridized carbons (Fsp3) is 1.00. The van der Waals surface area contributed by atoms with Crippen LogP contribution in [0.15, 0.2) is 0 Å². The fourth-order valence-electron chi connectivity index (χ4n) is 4.28. The fourth-order valence-corrected chi connectivity index (χ4v) is 4.28. The molecule has 118 valence electrons. The number of likely N-dealkylation sites (tertiary alicyclic amines) is 2. The molecule has 2 heteroatoms. The third-order valence-electron chi connectivity index (χ3n) is 5.79. The molecule has 2 nitrogen and oxygen atoms in total. The highest BCUT2D eigenvalue weighted by Crippen LogP contribution is 2.41. The van der Waals surface area contributed by atoms with E-state index < -0.39 is 0 Å². The summed E-state index contributed by atoms with van der Waals surface area (Å²) in [6, 6.07) is 0.790. The van der Waals surface area contributed by atoms with E-state index in [0.717, 1.165) is 6.04 Å². The lowest BCUT2D eigenvalue weighted by Gasteiger charge is -2.51. The van der Waals surface area contributed by atoms with E-state index in [0.29, 0.717) is 11.0 Å². The molecule has 1 unspecified atom stereocenters. The average molecular weight is 281 g/mol. The Hall–Kier alpha value is -0.0800. The molecule has 0 radical (unpaired) electrons. The molecule has 2 fully saturated rings. The van der Waals surface area contributed by atoms with Crippen molar-refractivity contribution in [1.82, 2.24) is 9.80 Å². The van der Waals surface area contributed by atoms with Gasteiger partial charge in [-0.3, -0.25) is 4.90 Å². The van der Waals surface area contributed by atoms with Gasteiger partial charge in [0, 0.05) is 18.1 Å². The highest BCUT2D eigenvalue weighted by atomic mass is 15.2. The first-order chi connectivity index (χ1) is 9.36. The van der Waals surface area contributed by atoms with Gasteiger partial charge in [-0.05, 0) is 84.8 Å². The van der Waals surface area contributed by atoms with Crippen molar-refractivity contribution in [2.24, 2.45) is 5.41 Å². The summed E-state index contributed by atoms with van der Waals surface area (Å²) in [5.74, 6) is 0. The Balaban J connectivity index is 1.92. The highest BCUT2D eigenvalue weighted by Gasteiger charge is 2.40. The van der Waals surface area contributed by atoms with Crippen LogP contribution in [-0.2, 0) is 0 Å². The van der Waals surface area contributed by atoms with Crippen molar-refractivity contribution in [2.45, 2.75) is 84.7 Å². The third kappa shape index (κ3) is 3.76. The van der Waals surface area contributed by atoms with Crippen LogP contribution in [0.3, 0.4) is 0 Å². The molecule has 0 aliphatic carbocycles. The normalized spacial score (nSPS) is 26.9. The summed E-state index contributed by atoms with van der Waals surface area (Å²) in [6.07, 6.45) is 8.41. The van der Waals surface area contributed by atoms with Gasteiger partial charge in [0.25, 0.3) is 0 Å². The summed E-state index contributed by atoms with van der Waals surface area (Å²) in [5, 5.41) is 0. The van der Waals surface area contributed by atoms with Gasteiger partial charge >= 0.3 is 0 Å². The van der Waals surface area contributed by atoms with Gasteiger partial charge in [0.1, 0.15) is 0 Å². The summed E-state index contributed by atoms with van der Waals surface area (Å²) in [5.41, 5.74) is 0.994. The Morgan fingerprint density at radius 1 is 1.05 bits per heavy atom. The molecule has 0 amide bonds. The highest BCUT2D eigenvalue weighted by molar-refractivity contribution is 4.94. The van der Waals surface area contributed by atoms with E-state index >= 15 is 0 Å². The van der Waals surface area contributed by atoms with Crippen LogP contribution in [0.4, 0.5) is 0 Å². The van der Waals surface area contributed by atoms with E-state index in [1.165, 1.54) is 64.7 Å². The quantitative estimate of drug-likeness (QED) is 0.766. The van der Waals surface area contributed by atoms with Gasteiger partial charge in [-0.1, -0.05) is 13.3 Å².